The number of benzene rings is 2. The first-order chi connectivity index (χ1) is 10.9. The van der Waals surface area contributed by atoms with Crippen molar-refractivity contribution in [3.8, 4) is 5.75 Å². The number of nitrogens with zero attached hydrogens (tertiary/aromatic N) is 1. The van der Waals surface area contributed by atoms with Gasteiger partial charge in [0.1, 0.15) is 11.4 Å². The first-order valence-corrected chi connectivity index (χ1v) is 7.16. The van der Waals surface area contributed by atoms with Crippen LogP contribution >= 0.6 is 0 Å². The molecular weight excluding hydrogens is 296 g/mol. The van der Waals surface area contributed by atoms with E-state index in [1.165, 1.54) is 12.1 Å². The number of nitrogens with one attached hydrogen (secondary N) is 1. The molecule has 2 aromatic rings. The van der Waals surface area contributed by atoms with E-state index in [4.69, 9.17) is 4.74 Å². The molecule has 0 heterocycles. The van der Waals surface area contributed by atoms with Crippen molar-refractivity contribution in [1.82, 2.24) is 0 Å². The number of nitro benzene ring substituents is 1. The Morgan fingerprint density at radius 3 is 2.52 bits per heavy atom. The number of amides is 1. The van der Waals surface area contributed by atoms with Crippen LogP contribution in [-0.4, -0.2) is 16.9 Å². The SMILES string of the molecule is Cc1ccc(O[C@H](C)C(=O)Nc2ccccc2[N+](=O)[O-])cc1C. The van der Waals surface area contributed by atoms with E-state index in [9.17, 15) is 14.9 Å². The van der Waals surface area contributed by atoms with E-state index >= 15 is 0 Å². The Kier molecular flexibility index (Phi) is 4.95. The van der Waals surface area contributed by atoms with Crippen molar-refractivity contribution in [1.29, 1.82) is 0 Å². The van der Waals surface area contributed by atoms with Crippen LogP contribution in [0, 0.1) is 24.0 Å². The molecule has 0 aliphatic carbocycles. The topological polar surface area (TPSA) is 81.5 Å². The lowest BCUT2D eigenvalue weighted by Crippen LogP contribution is -2.30. The van der Waals surface area contributed by atoms with Crippen molar-refractivity contribution in [2.45, 2.75) is 26.9 Å². The Balaban J connectivity index is 2.08. The number of rotatable bonds is 5. The third-order valence-electron chi connectivity index (χ3n) is 3.52. The Morgan fingerprint density at radius 2 is 1.87 bits per heavy atom. The number of hydrogen-bond donors (Lipinski definition) is 1. The van der Waals surface area contributed by atoms with E-state index in [-0.39, 0.29) is 11.4 Å². The Labute approximate surface area is 134 Å². The number of carbonyl (C=O) groups excluding carboxylic acids is 1. The molecule has 2 rings (SSSR count). The molecular formula is C17H18N2O4. The molecule has 6 nitrogen and oxygen atoms in total. The minimum Gasteiger partial charge on any atom is -0.481 e. The quantitative estimate of drug-likeness (QED) is 0.675. The summed E-state index contributed by atoms with van der Waals surface area (Å²) in [6.45, 7) is 5.54. The van der Waals surface area contributed by atoms with E-state index in [1.54, 1.807) is 25.1 Å². The van der Waals surface area contributed by atoms with Gasteiger partial charge in [-0.05, 0) is 50.1 Å². The second-order valence-corrected chi connectivity index (χ2v) is 5.27. The molecule has 0 fully saturated rings. The molecule has 0 unspecified atom stereocenters. The van der Waals surface area contributed by atoms with Gasteiger partial charge in [0.2, 0.25) is 0 Å². The van der Waals surface area contributed by atoms with Gasteiger partial charge in [-0.25, -0.2) is 0 Å². The molecule has 0 aliphatic heterocycles. The number of aryl methyl sites for hydroxylation is 2. The maximum atomic E-state index is 12.2. The van der Waals surface area contributed by atoms with Crippen LogP contribution in [0.25, 0.3) is 0 Å². The fraction of sp³-hybridized carbons (Fsp3) is 0.235. The minimum atomic E-state index is -0.781. The molecule has 1 N–H and O–H groups in total. The van der Waals surface area contributed by atoms with E-state index in [1.807, 2.05) is 26.0 Å². The molecule has 6 heteroatoms. The zero-order chi connectivity index (χ0) is 17.0. The summed E-state index contributed by atoms with van der Waals surface area (Å²) in [5, 5.41) is 13.5. The highest BCUT2D eigenvalue weighted by Gasteiger charge is 2.19. The van der Waals surface area contributed by atoms with Gasteiger partial charge in [0.15, 0.2) is 6.10 Å². The number of ether oxygens (including phenoxy) is 1. The van der Waals surface area contributed by atoms with Gasteiger partial charge in [0, 0.05) is 6.07 Å². The Morgan fingerprint density at radius 1 is 1.17 bits per heavy atom. The number of carbonyl (C=O) groups is 1. The van der Waals surface area contributed by atoms with Crippen LogP contribution in [-0.2, 0) is 4.79 Å². The first-order valence-electron chi connectivity index (χ1n) is 7.16. The molecule has 120 valence electrons. The second-order valence-electron chi connectivity index (χ2n) is 5.27. The van der Waals surface area contributed by atoms with Crippen LogP contribution in [0.1, 0.15) is 18.1 Å². The average Bonchev–Trinajstić information content (AvgIpc) is 2.51. The fourth-order valence-corrected chi connectivity index (χ4v) is 2.02. The van der Waals surface area contributed by atoms with Crippen molar-refractivity contribution in [3.63, 3.8) is 0 Å². The van der Waals surface area contributed by atoms with Crippen molar-refractivity contribution in [3.05, 3.63) is 63.7 Å². The molecule has 1 atom stereocenters. The molecule has 0 bridgehead atoms. The van der Waals surface area contributed by atoms with E-state index in [2.05, 4.69) is 5.32 Å². The summed E-state index contributed by atoms with van der Waals surface area (Å²) in [7, 11) is 0. The van der Waals surface area contributed by atoms with Crippen LogP contribution in [0.4, 0.5) is 11.4 Å². The number of nitro groups is 1. The molecule has 0 saturated carbocycles. The molecule has 0 radical (unpaired) electrons. The minimum absolute atomic E-state index is 0.151. The summed E-state index contributed by atoms with van der Waals surface area (Å²) < 4.78 is 5.60. The van der Waals surface area contributed by atoms with Gasteiger partial charge in [-0.2, -0.15) is 0 Å². The van der Waals surface area contributed by atoms with Crippen LogP contribution in [0.3, 0.4) is 0 Å². The van der Waals surface area contributed by atoms with Crippen LogP contribution in [0.15, 0.2) is 42.5 Å². The van der Waals surface area contributed by atoms with Crippen LogP contribution in [0.2, 0.25) is 0 Å². The van der Waals surface area contributed by atoms with Gasteiger partial charge in [0.05, 0.1) is 4.92 Å². The normalized spacial score (nSPS) is 11.6. The summed E-state index contributed by atoms with van der Waals surface area (Å²) in [5.41, 5.74) is 2.19. The van der Waals surface area contributed by atoms with Crippen molar-refractivity contribution in [2.75, 3.05) is 5.32 Å². The molecule has 23 heavy (non-hydrogen) atoms. The average molecular weight is 314 g/mol. The maximum Gasteiger partial charge on any atom is 0.292 e. The number of para-hydroxylation sites is 2. The maximum absolute atomic E-state index is 12.2. The van der Waals surface area contributed by atoms with Gasteiger partial charge >= 0.3 is 0 Å². The van der Waals surface area contributed by atoms with Gasteiger partial charge in [-0.15, -0.1) is 0 Å². The monoisotopic (exact) mass is 314 g/mol. The van der Waals surface area contributed by atoms with E-state index in [0.717, 1.165) is 11.1 Å². The molecule has 2 aromatic carbocycles. The standard InChI is InChI=1S/C17H18N2O4/c1-11-8-9-14(10-12(11)2)23-13(3)17(20)18-15-6-4-5-7-16(15)19(21)22/h4-10,13H,1-3H3,(H,18,20)/t13-/m1/s1. The van der Waals surface area contributed by atoms with Gasteiger partial charge < -0.3 is 10.1 Å². The summed E-state index contributed by atoms with van der Waals surface area (Å²) in [6.07, 6.45) is -0.781. The summed E-state index contributed by atoms with van der Waals surface area (Å²) in [4.78, 5) is 22.6. The van der Waals surface area contributed by atoms with Crippen LogP contribution < -0.4 is 10.1 Å². The summed E-state index contributed by atoms with van der Waals surface area (Å²) >= 11 is 0. The number of hydrogen-bond acceptors (Lipinski definition) is 4. The summed E-state index contributed by atoms with van der Waals surface area (Å²) in [5.74, 6) is 0.135. The van der Waals surface area contributed by atoms with Crippen molar-refractivity contribution < 1.29 is 14.5 Å². The highest BCUT2D eigenvalue weighted by Crippen LogP contribution is 2.24. The lowest BCUT2D eigenvalue weighted by atomic mass is 10.1. The highest BCUT2D eigenvalue weighted by atomic mass is 16.6. The highest BCUT2D eigenvalue weighted by molar-refractivity contribution is 5.96. The van der Waals surface area contributed by atoms with Gasteiger partial charge in [-0.1, -0.05) is 18.2 Å². The molecule has 0 spiro atoms. The molecule has 1 amide bonds. The van der Waals surface area contributed by atoms with Crippen molar-refractivity contribution >= 4 is 17.3 Å². The summed E-state index contributed by atoms with van der Waals surface area (Å²) in [6, 6.07) is 11.5. The first kappa shape index (κ1) is 16.5. The van der Waals surface area contributed by atoms with Gasteiger partial charge in [0.25, 0.3) is 11.6 Å². The third-order valence-corrected chi connectivity index (χ3v) is 3.52. The van der Waals surface area contributed by atoms with Crippen molar-refractivity contribution in [2.24, 2.45) is 0 Å². The fourth-order valence-electron chi connectivity index (χ4n) is 2.02. The predicted molar refractivity (Wildman–Crippen MR) is 87.7 cm³/mol. The lowest BCUT2D eigenvalue weighted by molar-refractivity contribution is -0.383. The largest absolute Gasteiger partial charge is 0.481 e. The Bertz CT molecular complexity index is 743. The molecule has 0 saturated heterocycles. The number of anilines is 1. The second kappa shape index (κ2) is 6.91. The zero-order valence-corrected chi connectivity index (χ0v) is 13.2. The Hall–Kier alpha value is -2.89. The van der Waals surface area contributed by atoms with Gasteiger partial charge in [-0.3, -0.25) is 14.9 Å². The van der Waals surface area contributed by atoms with E-state index in [0.29, 0.717) is 5.75 Å². The van der Waals surface area contributed by atoms with Crippen LogP contribution in [0.5, 0.6) is 5.75 Å². The molecule has 0 aromatic heterocycles. The lowest BCUT2D eigenvalue weighted by Gasteiger charge is -2.15. The zero-order valence-electron chi connectivity index (χ0n) is 13.2. The molecule has 0 aliphatic rings. The third kappa shape index (κ3) is 4.06. The predicted octanol–water partition coefficient (Wildman–Crippen LogP) is 3.62. The van der Waals surface area contributed by atoms with E-state index < -0.39 is 16.9 Å². The smallest absolute Gasteiger partial charge is 0.292 e.